The molecule has 3 rings (SSSR count). The zero-order valence-electron chi connectivity index (χ0n) is 11.4. The Bertz CT molecular complexity index is 480. The molecule has 1 unspecified atom stereocenters. The Hall–Kier alpha value is -1.82. The molecule has 0 bridgehead atoms. The number of hydrogen-bond donors (Lipinski definition) is 1. The second kappa shape index (κ2) is 5.66. The number of furan rings is 1. The highest BCUT2D eigenvalue weighted by atomic mass is 16.3. The van der Waals surface area contributed by atoms with E-state index in [4.69, 9.17) is 4.42 Å². The zero-order valence-corrected chi connectivity index (χ0v) is 11.4. The monoisotopic (exact) mass is 277 g/mol. The summed E-state index contributed by atoms with van der Waals surface area (Å²) in [4.78, 5) is 28.0. The van der Waals surface area contributed by atoms with Gasteiger partial charge < -0.3 is 19.5 Å². The van der Waals surface area contributed by atoms with E-state index < -0.39 is 0 Å². The first-order valence-electron chi connectivity index (χ1n) is 7.03. The Balaban J connectivity index is 1.59. The van der Waals surface area contributed by atoms with Crippen molar-refractivity contribution in [3.63, 3.8) is 0 Å². The van der Waals surface area contributed by atoms with Gasteiger partial charge in [-0.1, -0.05) is 0 Å². The maximum Gasteiger partial charge on any atom is 0.228 e. The summed E-state index contributed by atoms with van der Waals surface area (Å²) in [5.41, 5.74) is 0. The molecule has 1 aromatic heterocycles. The van der Waals surface area contributed by atoms with Crippen molar-refractivity contribution in [2.75, 3.05) is 32.7 Å². The predicted molar refractivity (Wildman–Crippen MR) is 71.7 cm³/mol. The fourth-order valence-electron chi connectivity index (χ4n) is 2.82. The van der Waals surface area contributed by atoms with Crippen molar-refractivity contribution in [1.29, 1.82) is 0 Å². The van der Waals surface area contributed by atoms with Crippen molar-refractivity contribution in [2.45, 2.75) is 13.0 Å². The van der Waals surface area contributed by atoms with Gasteiger partial charge in [-0.3, -0.25) is 9.59 Å². The van der Waals surface area contributed by atoms with Crippen LogP contribution in [0.1, 0.15) is 12.2 Å². The summed E-state index contributed by atoms with van der Waals surface area (Å²) in [6.07, 6.45) is 1.92. The molecule has 108 valence electrons. The lowest BCUT2D eigenvalue weighted by molar-refractivity contribution is -0.136. The summed E-state index contributed by atoms with van der Waals surface area (Å²) in [6, 6.07) is 3.65. The highest BCUT2D eigenvalue weighted by Crippen LogP contribution is 2.22. The number of nitrogens with zero attached hydrogens (tertiary/aromatic N) is 2. The third kappa shape index (κ3) is 2.70. The molecule has 1 aromatic rings. The van der Waals surface area contributed by atoms with Crippen molar-refractivity contribution in [1.82, 2.24) is 15.1 Å². The quantitative estimate of drug-likeness (QED) is 0.848. The smallest absolute Gasteiger partial charge is 0.228 e. The minimum Gasteiger partial charge on any atom is -0.467 e. The third-order valence-corrected chi connectivity index (χ3v) is 3.92. The molecule has 0 spiro atoms. The Labute approximate surface area is 117 Å². The van der Waals surface area contributed by atoms with Crippen LogP contribution in [0.3, 0.4) is 0 Å². The number of hydrogen-bond acceptors (Lipinski definition) is 4. The molecule has 1 N–H and O–H groups in total. The van der Waals surface area contributed by atoms with E-state index in [-0.39, 0.29) is 17.7 Å². The molecule has 0 radical (unpaired) electrons. The van der Waals surface area contributed by atoms with Gasteiger partial charge in [0.25, 0.3) is 0 Å². The summed E-state index contributed by atoms with van der Waals surface area (Å²) >= 11 is 0. The highest BCUT2D eigenvalue weighted by Gasteiger charge is 2.36. The summed E-state index contributed by atoms with van der Waals surface area (Å²) in [5, 5.41) is 3.22. The molecule has 3 heterocycles. The van der Waals surface area contributed by atoms with Gasteiger partial charge in [0.1, 0.15) is 5.76 Å². The maximum absolute atomic E-state index is 12.4. The van der Waals surface area contributed by atoms with Gasteiger partial charge in [-0.25, -0.2) is 0 Å². The number of nitrogens with one attached hydrogen (secondary N) is 1. The van der Waals surface area contributed by atoms with Crippen LogP contribution in [0.2, 0.25) is 0 Å². The van der Waals surface area contributed by atoms with Crippen LogP contribution in [0.15, 0.2) is 22.8 Å². The number of rotatable bonds is 3. The average Bonchev–Trinajstić information content (AvgIpc) is 3.10. The number of likely N-dealkylation sites (tertiary alicyclic amines) is 1. The molecule has 0 saturated carbocycles. The lowest BCUT2D eigenvalue weighted by Gasteiger charge is -2.29. The Morgan fingerprint density at radius 2 is 2.20 bits per heavy atom. The van der Waals surface area contributed by atoms with E-state index in [2.05, 4.69) is 5.32 Å². The number of amides is 2. The largest absolute Gasteiger partial charge is 0.467 e. The van der Waals surface area contributed by atoms with Crippen molar-refractivity contribution in [3.05, 3.63) is 24.2 Å². The molecule has 2 amide bonds. The number of carbonyl (C=O) groups excluding carboxylic acids is 2. The first kappa shape index (κ1) is 13.2. The van der Waals surface area contributed by atoms with E-state index in [0.717, 1.165) is 31.9 Å². The van der Waals surface area contributed by atoms with Crippen molar-refractivity contribution in [2.24, 2.45) is 5.92 Å². The Kier molecular flexibility index (Phi) is 3.73. The number of piperazine rings is 1. The van der Waals surface area contributed by atoms with Crippen LogP contribution in [-0.4, -0.2) is 54.3 Å². The van der Waals surface area contributed by atoms with E-state index in [1.807, 2.05) is 11.0 Å². The van der Waals surface area contributed by atoms with Gasteiger partial charge in [0.2, 0.25) is 11.8 Å². The Morgan fingerprint density at radius 1 is 1.40 bits per heavy atom. The van der Waals surface area contributed by atoms with Gasteiger partial charge in [0.05, 0.1) is 18.7 Å². The second-order valence-corrected chi connectivity index (χ2v) is 5.33. The summed E-state index contributed by atoms with van der Waals surface area (Å²) < 4.78 is 5.26. The summed E-state index contributed by atoms with van der Waals surface area (Å²) in [7, 11) is 0. The van der Waals surface area contributed by atoms with E-state index in [1.54, 1.807) is 17.2 Å². The van der Waals surface area contributed by atoms with Crippen LogP contribution in [0.5, 0.6) is 0 Å². The zero-order chi connectivity index (χ0) is 13.9. The van der Waals surface area contributed by atoms with E-state index in [0.29, 0.717) is 19.5 Å². The normalized spacial score (nSPS) is 23.4. The summed E-state index contributed by atoms with van der Waals surface area (Å²) in [5.74, 6) is 0.709. The fourth-order valence-corrected chi connectivity index (χ4v) is 2.82. The lowest BCUT2D eigenvalue weighted by atomic mass is 10.1. The molecule has 2 fully saturated rings. The number of carbonyl (C=O) groups is 2. The molecule has 2 saturated heterocycles. The SMILES string of the molecule is O=C1CC(C(=O)N2CCNCC2)CN1Cc1ccco1. The molecule has 6 heteroatoms. The van der Waals surface area contributed by atoms with Gasteiger partial charge in [-0.2, -0.15) is 0 Å². The van der Waals surface area contributed by atoms with E-state index in [9.17, 15) is 9.59 Å². The Morgan fingerprint density at radius 3 is 2.90 bits per heavy atom. The average molecular weight is 277 g/mol. The van der Waals surface area contributed by atoms with E-state index >= 15 is 0 Å². The predicted octanol–water partition coefficient (Wildman–Crippen LogP) is 0.0599. The minimum absolute atomic E-state index is 0.0369. The molecule has 1 atom stereocenters. The molecular weight excluding hydrogens is 258 g/mol. The van der Waals surface area contributed by atoms with Gasteiger partial charge in [-0.15, -0.1) is 0 Å². The van der Waals surface area contributed by atoms with Crippen LogP contribution < -0.4 is 5.32 Å². The first-order chi connectivity index (χ1) is 9.74. The molecule has 2 aliphatic rings. The van der Waals surface area contributed by atoms with Crippen LogP contribution in [0.25, 0.3) is 0 Å². The lowest BCUT2D eigenvalue weighted by Crippen LogP contribution is -2.48. The molecule has 20 heavy (non-hydrogen) atoms. The highest BCUT2D eigenvalue weighted by molar-refractivity contribution is 5.89. The van der Waals surface area contributed by atoms with Gasteiger partial charge in [0.15, 0.2) is 0 Å². The molecular formula is C14H19N3O3. The topological polar surface area (TPSA) is 65.8 Å². The summed E-state index contributed by atoms with van der Waals surface area (Å²) in [6.45, 7) is 4.11. The van der Waals surface area contributed by atoms with Crippen LogP contribution in [0.4, 0.5) is 0 Å². The molecule has 6 nitrogen and oxygen atoms in total. The van der Waals surface area contributed by atoms with Crippen LogP contribution in [-0.2, 0) is 16.1 Å². The first-order valence-corrected chi connectivity index (χ1v) is 7.03. The second-order valence-electron chi connectivity index (χ2n) is 5.33. The minimum atomic E-state index is -0.199. The van der Waals surface area contributed by atoms with Gasteiger partial charge in [0, 0.05) is 39.1 Å². The van der Waals surface area contributed by atoms with Crippen molar-refractivity contribution < 1.29 is 14.0 Å². The van der Waals surface area contributed by atoms with Crippen LogP contribution >= 0.6 is 0 Å². The van der Waals surface area contributed by atoms with E-state index in [1.165, 1.54) is 0 Å². The fraction of sp³-hybridized carbons (Fsp3) is 0.571. The van der Waals surface area contributed by atoms with Crippen molar-refractivity contribution >= 4 is 11.8 Å². The molecule has 2 aliphatic heterocycles. The maximum atomic E-state index is 12.4. The standard InChI is InChI=1S/C14H19N3O3/c18-13-8-11(14(19)16-5-3-15-4-6-16)9-17(13)10-12-2-1-7-20-12/h1-2,7,11,15H,3-6,8-10H2. The van der Waals surface area contributed by atoms with Crippen molar-refractivity contribution in [3.8, 4) is 0 Å². The molecule has 0 aromatic carbocycles. The van der Waals surface area contributed by atoms with Gasteiger partial charge in [-0.05, 0) is 12.1 Å². The van der Waals surface area contributed by atoms with Crippen LogP contribution in [0, 0.1) is 5.92 Å². The molecule has 0 aliphatic carbocycles. The van der Waals surface area contributed by atoms with Gasteiger partial charge >= 0.3 is 0 Å². The third-order valence-electron chi connectivity index (χ3n) is 3.92.